The van der Waals surface area contributed by atoms with Crippen molar-refractivity contribution < 1.29 is 23.5 Å². The van der Waals surface area contributed by atoms with E-state index in [9.17, 15) is 14.0 Å². The Labute approximate surface area is 168 Å². The van der Waals surface area contributed by atoms with Gasteiger partial charge in [0.25, 0.3) is 0 Å². The first-order valence-electron chi connectivity index (χ1n) is 8.97. The molecule has 0 saturated heterocycles. The van der Waals surface area contributed by atoms with Crippen LogP contribution in [-0.4, -0.2) is 37.8 Å². The van der Waals surface area contributed by atoms with E-state index < -0.39 is 5.97 Å². The van der Waals surface area contributed by atoms with Crippen LogP contribution in [0.25, 0.3) is 0 Å². The molecule has 0 unspecified atom stereocenters. The van der Waals surface area contributed by atoms with Gasteiger partial charge in [0.15, 0.2) is 6.61 Å². The number of thioether (sulfide) groups is 1. The summed E-state index contributed by atoms with van der Waals surface area (Å²) in [5, 5.41) is 3.12. The van der Waals surface area contributed by atoms with Gasteiger partial charge in [-0.1, -0.05) is 24.3 Å². The van der Waals surface area contributed by atoms with Crippen LogP contribution in [0.1, 0.15) is 18.4 Å². The Kier molecular flexibility index (Phi) is 9.51. The summed E-state index contributed by atoms with van der Waals surface area (Å²) in [5.74, 6) is 0.767. The SMILES string of the molecule is COC(=O)COc1ccc(CNCC(=O)CCCSc2ccccc2F)cc1. The van der Waals surface area contributed by atoms with Gasteiger partial charge in [-0.2, -0.15) is 0 Å². The minimum Gasteiger partial charge on any atom is -0.482 e. The average molecular weight is 405 g/mol. The lowest BCUT2D eigenvalue weighted by Crippen LogP contribution is -2.22. The van der Waals surface area contributed by atoms with Crippen LogP contribution in [0, 0.1) is 5.82 Å². The molecule has 0 aliphatic carbocycles. The second-order valence-electron chi connectivity index (χ2n) is 6.03. The molecule has 2 rings (SSSR count). The number of benzene rings is 2. The number of rotatable bonds is 12. The first kappa shape index (κ1) is 21.9. The monoisotopic (exact) mass is 405 g/mol. The van der Waals surface area contributed by atoms with Gasteiger partial charge in [-0.25, -0.2) is 9.18 Å². The van der Waals surface area contributed by atoms with E-state index in [1.807, 2.05) is 12.1 Å². The fourth-order valence-corrected chi connectivity index (χ4v) is 3.24. The van der Waals surface area contributed by atoms with Gasteiger partial charge in [-0.15, -0.1) is 11.8 Å². The minimum atomic E-state index is -0.434. The standard InChI is InChI=1S/C21H24FNO4S/c1-26-21(25)15-27-18-10-8-16(9-11-18)13-23-14-17(24)5-4-12-28-20-7-3-2-6-19(20)22/h2-3,6-11,23H,4-5,12-15H2,1H3. The Hall–Kier alpha value is -2.38. The zero-order chi connectivity index (χ0) is 20.2. The zero-order valence-corrected chi connectivity index (χ0v) is 16.6. The molecule has 0 heterocycles. The Bertz CT molecular complexity index is 767. The smallest absolute Gasteiger partial charge is 0.343 e. The normalized spacial score (nSPS) is 10.5. The maximum Gasteiger partial charge on any atom is 0.343 e. The van der Waals surface area contributed by atoms with Crippen LogP contribution in [-0.2, 0) is 20.9 Å². The molecule has 28 heavy (non-hydrogen) atoms. The summed E-state index contributed by atoms with van der Waals surface area (Å²) in [5.41, 5.74) is 1.01. The molecule has 150 valence electrons. The lowest BCUT2D eigenvalue weighted by Gasteiger charge is -2.07. The van der Waals surface area contributed by atoms with E-state index >= 15 is 0 Å². The van der Waals surface area contributed by atoms with Crippen LogP contribution in [0.15, 0.2) is 53.4 Å². The molecule has 0 radical (unpaired) electrons. The summed E-state index contributed by atoms with van der Waals surface area (Å²) < 4.78 is 23.3. The van der Waals surface area contributed by atoms with Crippen molar-refractivity contribution in [3.63, 3.8) is 0 Å². The number of esters is 1. The van der Waals surface area contributed by atoms with E-state index in [4.69, 9.17) is 4.74 Å². The largest absolute Gasteiger partial charge is 0.482 e. The third kappa shape index (κ3) is 8.10. The van der Waals surface area contributed by atoms with Gasteiger partial charge in [-0.05, 0) is 42.0 Å². The van der Waals surface area contributed by atoms with E-state index in [1.165, 1.54) is 24.9 Å². The first-order valence-corrected chi connectivity index (χ1v) is 9.95. The molecule has 1 N–H and O–H groups in total. The van der Waals surface area contributed by atoms with Crippen molar-refractivity contribution >= 4 is 23.5 Å². The van der Waals surface area contributed by atoms with Crippen LogP contribution in [0.3, 0.4) is 0 Å². The average Bonchev–Trinajstić information content (AvgIpc) is 2.71. The molecule has 0 saturated carbocycles. The molecule has 0 fully saturated rings. The molecule has 0 aliphatic rings. The number of ketones is 1. The van der Waals surface area contributed by atoms with Crippen molar-refractivity contribution in [3.05, 3.63) is 59.9 Å². The number of hydrogen-bond acceptors (Lipinski definition) is 6. The summed E-state index contributed by atoms with van der Waals surface area (Å²) in [6, 6.07) is 13.9. The maximum atomic E-state index is 13.5. The lowest BCUT2D eigenvalue weighted by molar-refractivity contribution is -0.142. The van der Waals surface area contributed by atoms with Gasteiger partial charge in [0.05, 0.1) is 13.7 Å². The van der Waals surface area contributed by atoms with Crippen molar-refractivity contribution in [2.75, 3.05) is 26.0 Å². The molecule has 0 amide bonds. The maximum absolute atomic E-state index is 13.5. The third-order valence-corrected chi connectivity index (χ3v) is 4.99. The third-order valence-electron chi connectivity index (χ3n) is 3.85. The highest BCUT2D eigenvalue weighted by Crippen LogP contribution is 2.22. The number of carbonyl (C=O) groups is 2. The molecular formula is C21H24FNO4S. The van der Waals surface area contributed by atoms with E-state index in [-0.39, 0.29) is 18.2 Å². The number of hydrogen-bond donors (Lipinski definition) is 1. The quantitative estimate of drug-likeness (QED) is 0.331. The second kappa shape index (κ2) is 12.2. The summed E-state index contributed by atoms with van der Waals surface area (Å²) in [6.45, 7) is 0.732. The summed E-state index contributed by atoms with van der Waals surface area (Å²) in [6.07, 6.45) is 1.18. The van der Waals surface area contributed by atoms with Crippen molar-refractivity contribution in [1.29, 1.82) is 0 Å². The first-order chi connectivity index (χ1) is 13.6. The zero-order valence-electron chi connectivity index (χ0n) is 15.8. The molecule has 0 aliphatic heterocycles. The van der Waals surface area contributed by atoms with Gasteiger partial charge in [0, 0.05) is 17.9 Å². The number of halogens is 1. The van der Waals surface area contributed by atoms with Crippen LogP contribution >= 0.6 is 11.8 Å². The Morgan fingerprint density at radius 2 is 1.86 bits per heavy atom. The van der Waals surface area contributed by atoms with E-state index in [1.54, 1.807) is 30.3 Å². The number of methoxy groups -OCH3 is 1. The molecular weight excluding hydrogens is 381 g/mol. The van der Waals surface area contributed by atoms with Crippen molar-refractivity contribution in [3.8, 4) is 5.75 Å². The van der Waals surface area contributed by atoms with Gasteiger partial charge < -0.3 is 14.8 Å². The fraction of sp³-hybridized carbons (Fsp3) is 0.333. The van der Waals surface area contributed by atoms with E-state index in [0.717, 1.165) is 5.56 Å². The fourth-order valence-electron chi connectivity index (χ4n) is 2.35. The van der Waals surface area contributed by atoms with Gasteiger partial charge in [0.1, 0.15) is 17.3 Å². The molecule has 0 spiro atoms. The summed E-state index contributed by atoms with van der Waals surface area (Å²) in [7, 11) is 1.31. The Morgan fingerprint density at radius 1 is 1.11 bits per heavy atom. The predicted molar refractivity (Wildman–Crippen MR) is 107 cm³/mol. The van der Waals surface area contributed by atoms with Crippen LogP contribution < -0.4 is 10.1 Å². The highest BCUT2D eigenvalue weighted by atomic mass is 32.2. The van der Waals surface area contributed by atoms with E-state index in [2.05, 4.69) is 10.1 Å². The molecule has 0 atom stereocenters. The Morgan fingerprint density at radius 3 is 2.57 bits per heavy atom. The van der Waals surface area contributed by atoms with E-state index in [0.29, 0.717) is 42.3 Å². The molecule has 2 aromatic rings. The lowest BCUT2D eigenvalue weighted by atomic mass is 10.2. The topological polar surface area (TPSA) is 64.6 Å². The van der Waals surface area contributed by atoms with Crippen LogP contribution in [0.2, 0.25) is 0 Å². The van der Waals surface area contributed by atoms with Crippen molar-refractivity contribution in [2.45, 2.75) is 24.3 Å². The molecule has 7 heteroatoms. The number of ether oxygens (including phenoxy) is 2. The number of carbonyl (C=O) groups excluding carboxylic acids is 2. The van der Waals surface area contributed by atoms with Crippen molar-refractivity contribution in [2.24, 2.45) is 0 Å². The summed E-state index contributed by atoms with van der Waals surface area (Å²) >= 11 is 1.43. The summed E-state index contributed by atoms with van der Waals surface area (Å²) in [4.78, 5) is 23.6. The van der Waals surface area contributed by atoms with Gasteiger partial charge >= 0.3 is 5.97 Å². The second-order valence-corrected chi connectivity index (χ2v) is 7.17. The predicted octanol–water partition coefficient (Wildman–Crippen LogP) is 3.61. The van der Waals surface area contributed by atoms with Gasteiger partial charge in [-0.3, -0.25) is 4.79 Å². The highest BCUT2D eigenvalue weighted by Gasteiger charge is 2.05. The van der Waals surface area contributed by atoms with Gasteiger partial charge in [0.2, 0.25) is 0 Å². The molecule has 5 nitrogen and oxygen atoms in total. The number of nitrogens with one attached hydrogen (secondary N) is 1. The molecule has 0 aromatic heterocycles. The molecule has 2 aromatic carbocycles. The number of Topliss-reactive ketones (excluding diaryl/α,β-unsaturated/α-hetero) is 1. The minimum absolute atomic E-state index is 0.127. The van der Waals surface area contributed by atoms with Crippen LogP contribution in [0.4, 0.5) is 4.39 Å². The van der Waals surface area contributed by atoms with Crippen molar-refractivity contribution in [1.82, 2.24) is 5.32 Å². The van der Waals surface area contributed by atoms with Crippen LogP contribution in [0.5, 0.6) is 5.75 Å². The highest BCUT2D eigenvalue weighted by molar-refractivity contribution is 7.99. The Balaban J connectivity index is 1.59. The molecule has 0 bridgehead atoms.